The average molecular weight is 178 g/mol. The number of epoxide rings is 1. The predicted octanol–water partition coefficient (Wildman–Crippen LogP) is 1.38. The first kappa shape index (κ1) is 8.73. The van der Waals surface area contributed by atoms with Gasteiger partial charge in [0, 0.05) is 6.42 Å². The maximum atomic E-state index is 8.89. The first-order valence-electron chi connectivity index (χ1n) is 4.57. The first-order valence-corrected chi connectivity index (χ1v) is 4.57. The van der Waals surface area contributed by atoms with E-state index in [-0.39, 0.29) is 18.3 Å². The van der Waals surface area contributed by atoms with Gasteiger partial charge in [0.15, 0.2) is 0 Å². The molecular weight excluding hydrogens is 164 g/mol. The van der Waals surface area contributed by atoms with Gasteiger partial charge in [0.2, 0.25) is 0 Å². The molecule has 1 aromatic rings. The average Bonchev–Trinajstić information content (AvgIpc) is 2.78. The molecule has 1 heterocycles. The van der Waals surface area contributed by atoms with E-state index >= 15 is 0 Å². The van der Waals surface area contributed by atoms with Crippen LogP contribution in [0.25, 0.3) is 0 Å². The summed E-state index contributed by atoms with van der Waals surface area (Å²) in [6.07, 6.45) is 0.923. The minimum atomic E-state index is -0.129. The Morgan fingerprint density at radius 2 is 2.08 bits per heavy atom. The van der Waals surface area contributed by atoms with E-state index in [4.69, 9.17) is 9.84 Å². The Hall–Kier alpha value is -0.860. The van der Waals surface area contributed by atoms with Crippen LogP contribution in [-0.2, 0) is 11.2 Å². The number of hydrogen-bond acceptors (Lipinski definition) is 2. The zero-order valence-corrected chi connectivity index (χ0v) is 7.73. The van der Waals surface area contributed by atoms with Crippen molar-refractivity contribution in [1.82, 2.24) is 0 Å². The molecule has 0 spiro atoms. The van der Waals surface area contributed by atoms with Crippen LogP contribution >= 0.6 is 0 Å². The molecule has 1 aliphatic rings. The molecule has 0 aliphatic carbocycles. The highest BCUT2D eigenvalue weighted by atomic mass is 16.6. The van der Waals surface area contributed by atoms with Crippen molar-refractivity contribution in [1.29, 1.82) is 0 Å². The maximum absolute atomic E-state index is 8.89. The Morgan fingerprint density at radius 1 is 1.38 bits per heavy atom. The van der Waals surface area contributed by atoms with E-state index < -0.39 is 0 Å². The number of hydrogen-bond donors (Lipinski definition) is 1. The number of rotatable bonds is 3. The van der Waals surface area contributed by atoms with Gasteiger partial charge < -0.3 is 9.84 Å². The van der Waals surface area contributed by atoms with Gasteiger partial charge in [0.1, 0.15) is 6.10 Å². The van der Waals surface area contributed by atoms with Gasteiger partial charge in [-0.1, -0.05) is 30.3 Å². The van der Waals surface area contributed by atoms with Crippen LogP contribution < -0.4 is 0 Å². The lowest BCUT2D eigenvalue weighted by Crippen LogP contribution is -2.15. The van der Waals surface area contributed by atoms with E-state index in [9.17, 15) is 0 Å². The highest BCUT2D eigenvalue weighted by Gasteiger charge is 2.51. The molecule has 2 atom stereocenters. The lowest BCUT2D eigenvalue weighted by Gasteiger charge is -2.05. The van der Waals surface area contributed by atoms with Crippen LogP contribution in [0.1, 0.15) is 12.5 Å². The Bertz CT molecular complexity index is 283. The number of benzene rings is 1. The minimum absolute atomic E-state index is 0.0349. The molecule has 70 valence electrons. The fourth-order valence-electron chi connectivity index (χ4n) is 1.68. The molecule has 0 amide bonds. The van der Waals surface area contributed by atoms with Crippen molar-refractivity contribution in [2.24, 2.45) is 0 Å². The lowest BCUT2D eigenvalue weighted by atomic mass is 9.98. The Kier molecular flexibility index (Phi) is 2.10. The molecule has 1 aromatic carbocycles. The molecule has 1 aliphatic heterocycles. The van der Waals surface area contributed by atoms with Gasteiger partial charge in [-0.25, -0.2) is 0 Å². The van der Waals surface area contributed by atoms with Crippen LogP contribution in [0.2, 0.25) is 0 Å². The molecule has 2 nitrogen and oxygen atoms in total. The van der Waals surface area contributed by atoms with Crippen LogP contribution in [0.3, 0.4) is 0 Å². The van der Waals surface area contributed by atoms with E-state index in [0.717, 1.165) is 6.42 Å². The van der Waals surface area contributed by atoms with E-state index in [1.54, 1.807) is 0 Å². The molecule has 1 N–H and O–H groups in total. The third kappa shape index (κ3) is 1.74. The van der Waals surface area contributed by atoms with Gasteiger partial charge in [0.25, 0.3) is 0 Å². The fourth-order valence-corrected chi connectivity index (χ4v) is 1.68. The zero-order chi connectivity index (χ0) is 9.31. The predicted molar refractivity (Wildman–Crippen MR) is 50.5 cm³/mol. The zero-order valence-electron chi connectivity index (χ0n) is 7.73. The molecule has 13 heavy (non-hydrogen) atoms. The summed E-state index contributed by atoms with van der Waals surface area (Å²) in [7, 11) is 0. The van der Waals surface area contributed by atoms with Gasteiger partial charge >= 0.3 is 0 Å². The molecule has 0 unspecified atom stereocenters. The molecule has 2 rings (SSSR count). The van der Waals surface area contributed by atoms with Crippen LogP contribution in [0, 0.1) is 0 Å². The number of ether oxygens (including phenoxy) is 1. The lowest BCUT2D eigenvalue weighted by molar-refractivity contribution is 0.236. The van der Waals surface area contributed by atoms with Gasteiger partial charge in [0.05, 0.1) is 12.2 Å². The standard InChI is InChI=1S/C11H14O2/c1-11(10(8-12)13-11)7-9-5-3-2-4-6-9/h2-6,10,12H,7-8H2,1H3/t10-,11-/m1/s1. The molecule has 0 aromatic heterocycles. The number of aliphatic hydroxyl groups excluding tert-OH is 1. The second-order valence-electron chi connectivity index (χ2n) is 3.76. The molecule has 0 radical (unpaired) electrons. The van der Waals surface area contributed by atoms with Crippen molar-refractivity contribution in [2.75, 3.05) is 6.61 Å². The van der Waals surface area contributed by atoms with Crippen molar-refractivity contribution >= 4 is 0 Å². The summed E-state index contributed by atoms with van der Waals surface area (Å²) in [6.45, 7) is 2.17. The largest absolute Gasteiger partial charge is 0.394 e. The monoisotopic (exact) mass is 178 g/mol. The van der Waals surface area contributed by atoms with E-state index in [1.165, 1.54) is 5.56 Å². The summed E-state index contributed by atoms with van der Waals surface area (Å²) in [5, 5.41) is 8.89. The Morgan fingerprint density at radius 3 is 2.62 bits per heavy atom. The third-order valence-electron chi connectivity index (χ3n) is 2.60. The van der Waals surface area contributed by atoms with Crippen LogP contribution in [-0.4, -0.2) is 23.4 Å². The number of aliphatic hydroxyl groups is 1. The van der Waals surface area contributed by atoms with Crippen molar-refractivity contribution in [3.05, 3.63) is 35.9 Å². The summed E-state index contributed by atoms with van der Waals surface area (Å²) < 4.78 is 5.41. The van der Waals surface area contributed by atoms with Crippen molar-refractivity contribution in [3.63, 3.8) is 0 Å². The SMILES string of the molecule is C[C@]1(Cc2ccccc2)O[C@@H]1CO. The van der Waals surface area contributed by atoms with Crippen LogP contribution in [0.5, 0.6) is 0 Å². The summed E-state index contributed by atoms with van der Waals surface area (Å²) in [6, 6.07) is 10.2. The molecule has 1 saturated heterocycles. The van der Waals surface area contributed by atoms with Crippen LogP contribution in [0.15, 0.2) is 30.3 Å². The fraction of sp³-hybridized carbons (Fsp3) is 0.455. The van der Waals surface area contributed by atoms with Crippen molar-refractivity contribution in [2.45, 2.75) is 25.0 Å². The highest BCUT2D eigenvalue weighted by molar-refractivity contribution is 5.19. The molecule has 0 saturated carbocycles. The minimum Gasteiger partial charge on any atom is -0.394 e. The third-order valence-corrected chi connectivity index (χ3v) is 2.60. The summed E-state index contributed by atoms with van der Waals surface area (Å²) >= 11 is 0. The van der Waals surface area contributed by atoms with Gasteiger partial charge in [-0.05, 0) is 12.5 Å². The topological polar surface area (TPSA) is 32.8 Å². The van der Waals surface area contributed by atoms with Crippen LogP contribution in [0.4, 0.5) is 0 Å². The normalized spacial score (nSPS) is 31.7. The Labute approximate surface area is 78.2 Å². The van der Waals surface area contributed by atoms with Crippen molar-refractivity contribution in [3.8, 4) is 0 Å². The summed E-state index contributed by atoms with van der Waals surface area (Å²) in [4.78, 5) is 0. The van der Waals surface area contributed by atoms with Gasteiger partial charge in [-0.3, -0.25) is 0 Å². The second-order valence-corrected chi connectivity index (χ2v) is 3.76. The maximum Gasteiger partial charge on any atom is 0.110 e. The summed E-state index contributed by atoms with van der Waals surface area (Å²) in [5.41, 5.74) is 1.14. The van der Waals surface area contributed by atoms with Crippen molar-refractivity contribution < 1.29 is 9.84 Å². The smallest absolute Gasteiger partial charge is 0.110 e. The first-order chi connectivity index (χ1) is 6.24. The van der Waals surface area contributed by atoms with Gasteiger partial charge in [-0.15, -0.1) is 0 Å². The molecule has 2 heteroatoms. The molecule has 0 bridgehead atoms. The highest BCUT2D eigenvalue weighted by Crippen LogP contribution is 2.38. The molecular formula is C11H14O2. The quantitative estimate of drug-likeness (QED) is 0.709. The van der Waals surface area contributed by atoms with E-state index in [2.05, 4.69) is 12.1 Å². The summed E-state index contributed by atoms with van der Waals surface area (Å²) in [5.74, 6) is 0. The second kappa shape index (κ2) is 3.13. The van der Waals surface area contributed by atoms with E-state index in [1.807, 2.05) is 25.1 Å². The van der Waals surface area contributed by atoms with Gasteiger partial charge in [-0.2, -0.15) is 0 Å². The molecule has 1 fully saturated rings. The Balaban J connectivity index is 2.00. The van der Waals surface area contributed by atoms with E-state index in [0.29, 0.717) is 0 Å².